The van der Waals surface area contributed by atoms with Gasteiger partial charge in [-0.1, -0.05) is 6.07 Å². The Morgan fingerprint density at radius 1 is 1.26 bits per heavy atom. The molecule has 3 nitrogen and oxygen atoms in total. The third kappa shape index (κ3) is 2.66. The molecule has 2 rings (SSSR count). The second-order valence-electron chi connectivity index (χ2n) is 5.50. The average molecular weight is 262 g/mol. The second kappa shape index (κ2) is 5.33. The third-order valence-corrected chi connectivity index (χ3v) is 4.12. The van der Waals surface area contributed by atoms with Crippen molar-refractivity contribution in [1.29, 1.82) is 0 Å². The van der Waals surface area contributed by atoms with E-state index < -0.39 is 0 Å². The standard InChI is InChI=1S/C16H22O3/c1-11-8-12(2)15(14(9-11)18-3)13(17)10-16(19-4)6-5-7-16/h8-9H,5-7,10H2,1-4H3. The number of carbonyl (C=O) groups is 1. The first-order valence-corrected chi connectivity index (χ1v) is 6.75. The van der Waals surface area contributed by atoms with Crippen LogP contribution in [0.25, 0.3) is 0 Å². The van der Waals surface area contributed by atoms with E-state index in [0.29, 0.717) is 17.7 Å². The van der Waals surface area contributed by atoms with Crippen molar-refractivity contribution in [2.75, 3.05) is 14.2 Å². The normalized spacial score (nSPS) is 16.8. The summed E-state index contributed by atoms with van der Waals surface area (Å²) in [6.07, 6.45) is 3.54. The quantitative estimate of drug-likeness (QED) is 0.762. The van der Waals surface area contributed by atoms with Gasteiger partial charge in [-0.3, -0.25) is 4.79 Å². The fraction of sp³-hybridized carbons (Fsp3) is 0.562. The molecular weight excluding hydrogens is 240 g/mol. The maximum absolute atomic E-state index is 12.6. The zero-order chi connectivity index (χ0) is 14.0. The van der Waals surface area contributed by atoms with E-state index in [1.54, 1.807) is 14.2 Å². The van der Waals surface area contributed by atoms with Crippen LogP contribution in [0.15, 0.2) is 12.1 Å². The average Bonchev–Trinajstić information content (AvgIpc) is 2.32. The number of methoxy groups -OCH3 is 2. The van der Waals surface area contributed by atoms with Gasteiger partial charge in [0, 0.05) is 13.5 Å². The van der Waals surface area contributed by atoms with Crippen LogP contribution in [0.1, 0.15) is 47.2 Å². The van der Waals surface area contributed by atoms with Gasteiger partial charge in [0.1, 0.15) is 5.75 Å². The molecule has 1 aliphatic carbocycles. The van der Waals surface area contributed by atoms with Crippen molar-refractivity contribution in [2.24, 2.45) is 0 Å². The number of hydrogen-bond acceptors (Lipinski definition) is 3. The minimum absolute atomic E-state index is 0.121. The molecule has 19 heavy (non-hydrogen) atoms. The topological polar surface area (TPSA) is 35.5 Å². The summed E-state index contributed by atoms with van der Waals surface area (Å²) in [4.78, 5) is 12.6. The monoisotopic (exact) mass is 262 g/mol. The van der Waals surface area contributed by atoms with Crippen molar-refractivity contribution >= 4 is 5.78 Å². The lowest BCUT2D eigenvalue weighted by Gasteiger charge is -2.40. The van der Waals surface area contributed by atoms with Crippen LogP contribution in [0.2, 0.25) is 0 Å². The van der Waals surface area contributed by atoms with Gasteiger partial charge in [0.25, 0.3) is 0 Å². The largest absolute Gasteiger partial charge is 0.496 e. The van der Waals surface area contributed by atoms with Crippen molar-refractivity contribution < 1.29 is 14.3 Å². The lowest BCUT2D eigenvalue weighted by molar-refractivity contribution is -0.0705. The molecule has 0 amide bonds. The van der Waals surface area contributed by atoms with Gasteiger partial charge in [-0.25, -0.2) is 0 Å². The molecule has 104 valence electrons. The molecule has 1 saturated carbocycles. The van der Waals surface area contributed by atoms with Crippen LogP contribution in [-0.2, 0) is 4.74 Å². The molecule has 1 aromatic rings. The summed E-state index contributed by atoms with van der Waals surface area (Å²) < 4.78 is 10.9. The highest BCUT2D eigenvalue weighted by Crippen LogP contribution is 2.40. The predicted octanol–water partition coefficient (Wildman–Crippen LogP) is 3.45. The number of ether oxygens (including phenoxy) is 2. The van der Waals surface area contributed by atoms with Crippen molar-refractivity contribution in [2.45, 2.75) is 45.1 Å². The minimum atomic E-state index is -0.237. The van der Waals surface area contributed by atoms with E-state index in [9.17, 15) is 4.79 Å². The van der Waals surface area contributed by atoms with E-state index in [1.807, 2.05) is 26.0 Å². The van der Waals surface area contributed by atoms with Crippen molar-refractivity contribution in [3.05, 3.63) is 28.8 Å². The van der Waals surface area contributed by atoms with E-state index in [1.165, 1.54) is 0 Å². The van der Waals surface area contributed by atoms with Crippen LogP contribution < -0.4 is 4.74 Å². The van der Waals surface area contributed by atoms with Crippen LogP contribution in [0.3, 0.4) is 0 Å². The van der Waals surface area contributed by atoms with Crippen LogP contribution in [0, 0.1) is 13.8 Å². The van der Waals surface area contributed by atoms with Gasteiger partial charge >= 0.3 is 0 Å². The van der Waals surface area contributed by atoms with Gasteiger partial charge in [0.2, 0.25) is 0 Å². The van der Waals surface area contributed by atoms with E-state index in [4.69, 9.17) is 9.47 Å². The third-order valence-electron chi connectivity index (χ3n) is 4.12. The number of hydrogen-bond donors (Lipinski definition) is 0. The summed E-state index contributed by atoms with van der Waals surface area (Å²) in [6, 6.07) is 3.94. The predicted molar refractivity (Wildman–Crippen MR) is 75.0 cm³/mol. The van der Waals surface area contributed by atoms with E-state index >= 15 is 0 Å². The molecule has 0 aliphatic heterocycles. The van der Waals surface area contributed by atoms with Gasteiger partial charge in [-0.2, -0.15) is 0 Å². The van der Waals surface area contributed by atoms with Crippen LogP contribution >= 0.6 is 0 Å². The van der Waals surface area contributed by atoms with Crippen molar-refractivity contribution in [1.82, 2.24) is 0 Å². The Bertz CT molecular complexity index is 482. The Kier molecular flexibility index (Phi) is 3.95. The van der Waals surface area contributed by atoms with E-state index in [2.05, 4.69) is 0 Å². The van der Waals surface area contributed by atoms with Gasteiger partial charge < -0.3 is 9.47 Å². The number of aryl methyl sites for hydroxylation is 2. The zero-order valence-corrected chi connectivity index (χ0v) is 12.2. The molecule has 0 N–H and O–H groups in total. The molecule has 0 atom stereocenters. The number of rotatable bonds is 5. The zero-order valence-electron chi connectivity index (χ0n) is 12.2. The Hall–Kier alpha value is -1.35. The lowest BCUT2D eigenvalue weighted by Crippen LogP contribution is -2.41. The van der Waals surface area contributed by atoms with Gasteiger partial charge in [-0.15, -0.1) is 0 Å². The molecule has 1 aromatic carbocycles. The molecule has 3 heteroatoms. The first-order chi connectivity index (χ1) is 9.01. The fourth-order valence-electron chi connectivity index (χ4n) is 2.85. The van der Waals surface area contributed by atoms with Gasteiger partial charge in [0.15, 0.2) is 5.78 Å². The number of ketones is 1. The molecule has 1 aliphatic rings. The van der Waals surface area contributed by atoms with E-state index in [-0.39, 0.29) is 11.4 Å². The highest BCUT2D eigenvalue weighted by molar-refractivity contribution is 6.00. The molecule has 0 radical (unpaired) electrons. The molecule has 0 saturated heterocycles. The highest BCUT2D eigenvalue weighted by atomic mass is 16.5. The summed E-state index contributed by atoms with van der Waals surface area (Å²) >= 11 is 0. The number of benzene rings is 1. The summed E-state index contributed by atoms with van der Waals surface area (Å²) in [5.74, 6) is 0.795. The van der Waals surface area contributed by atoms with Gasteiger partial charge in [-0.05, 0) is 50.3 Å². The summed E-state index contributed by atoms with van der Waals surface area (Å²) in [5.41, 5.74) is 2.55. The van der Waals surface area contributed by atoms with E-state index in [0.717, 1.165) is 30.4 Å². The molecule has 0 bridgehead atoms. The Labute approximate surface area is 114 Å². The maximum Gasteiger partial charge on any atom is 0.169 e. The molecule has 0 aromatic heterocycles. The molecule has 0 unspecified atom stereocenters. The SMILES string of the molecule is COc1cc(C)cc(C)c1C(=O)CC1(OC)CCC1. The summed E-state index contributed by atoms with van der Waals surface area (Å²) in [5, 5.41) is 0. The highest BCUT2D eigenvalue weighted by Gasteiger charge is 2.39. The van der Waals surface area contributed by atoms with Crippen LogP contribution in [-0.4, -0.2) is 25.6 Å². The van der Waals surface area contributed by atoms with Crippen LogP contribution in [0.4, 0.5) is 0 Å². The first-order valence-electron chi connectivity index (χ1n) is 6.75. The number of Topliss-reactive ketones (excluding diaryl/α,β-unsaturated/α-hetero) is 1. The Morgan fingerprint density at radius 3 is 2.42 bits per heavy atom. The lowest BCUT2D eigenvalue weighted by atomic mass is 9.75. The van der Waals surface area contributed by atoms with Crippen molar-refractivity contribution in [3.8, 4) is 5.75 Å². The van der Waals surface area contributed by atoms with Crippen LogP contribution in [0.5, 0.6) is 5.75 Å². The number of carbonyl (C=O) groups excluding carboxylic acids is 1. The smallest absolute Gasteiger partial charge is 0.169 e. The maximum atomic E-state index is 12.6. The summed E-state index contributed by atoms with van der Waals surface area (Å²) in [7, 11) is 3.31. The Balaban J connectivity index is 2.28. The Morgan fingerprint density at radius 2 is 1.95 bits per heavy atom. The minimum Gasteiger partial charge on any atom is -0.496 e. The molecular formula is C16H22O3. The molecule has 0 spiro atoms. The van der Waals surface area contributed by atoms with Gasteiger partial charge in [0.05, 0.1) is 18.3 Å². The first kappa shape index (κ1) is 14.1. The molecule has 1 fully saturated rings. The fourth-order valence-corrected chi connectivity index (χ4v) is 2.85. The molecule has 0 heterocycles. The second-order valence-corrected chi connectivity index (χ2v) is 5.50. The summed E-state index contributed by atoms with van der Waals surface area (Å²) in [6.45, 7) is 3.97. The van der Waals surface area contributed by atoms with Crippen molar-refractivity contribution in [3.63, 3.8) is 0 Å².